The lowest BCUT2D eigenvalue weighted by atomic mass is 10.1. The zero-order chi connectivity index (χ0) is 18.8. The maximum Gasteiger partial charge on any atom is 0.322 e. The highest BCUT2D eigenvalue weighted by molar-refractivity contribution is 5.94. The van der Waals surface area contributed by atoms with Crippen LogP contribution in [0.2, 0.25) is 0 Å². The van der Waals surface area contributed by atoms with Crippen molar-refractivity contribution in [2.75, 3.05) is 31.6 Å². The molecule has 4 rings (SSSR count). The molecule has 2 aliphatic heterocycles. The molecule has 0 aromatic heterocycles. The first-order valence-electron chi connectivity index (χ1n) is 9.62. The summed E-state index contributed by atoms with van der Waals surface area (Å²) in [5.41, 5.74) is 6.67. The van der Waals surface area contributed by atoms with Gasteiger partial charge in [0.05, 0.1) is 0 Å². The number of urea groups is 1. The number of fused-ring (bicyclic) bond motifs is 1. The molecule has 8 nitrogen and oxygen atoms in total. The van der Waals surface area contributed by atoms with Crippen molar-refractivity contribution in [2.45, 2.75) is 37.8 Å². The molecule has 0 bridgehead atoms. The molecule has 2 heterocycles. The third-order valence-corrected chi connectivity index (χ3v) is 5.35. The van der Waals surface area contributed by atoms with Crippen LogP contribution in [0.3, 0.4) is 0 Å². The van der Waals surface area contributed by atoms with Gasteiger partial charge in [-0.2, -0.15) is 0 Å². The van der Waals surface area contributed by atoms with Gasteiger partial charge in [-0.05, 0) is 43.7 Å². The van der Waals surface area contributed by atoms with Gasteiger partial charge in [0, 0.05) is 30.9 Å². The highest BCUT2D eigenvalue weighted by Gasteiger charge is 2.35. The van der Waals surface area contributed by atoms with E-state index < -0.39 is 6.04 Å². The number of hydrogen-bond donors (Lipinski definition) is 3. The van der Waals surface area contributed by atoms with Crippen molar-refractivity contribution in [1.29, 1.82) is 0 Å². The Morgan fingerprint density at radius 1 is 1.18 bits per heavy atom. The van der Waals surface area contributed by atoms with E-state index in [2.05, 4.69) is 10.6 Å². The summed E-state index contributed by atoms with van der Waals surface area (Å²) in [4.78, 5) is 26.8. The summed E-state index contributed by atoms with van der Waals surface area (Å²) in [6.07, 6.45) is 3.76. The van der Waals surface area contributed by atoms with Crippen molar-refractivity contribution in [1.82, 2.24) is 10.2 Å². The molecule has 3 aliphatic rings. The van der Waals surface area contributed by atoms with Crippen LogP contribution in [0.5, 0.6) is 11.5 Å². The number of halogens is 1. The SMILES string of the molecule is Cl.NC(CNC(=O)[C@@H]1CCCN1C(=O)Nc1ccc2c(c1)OCCO2)C1CC1. The van der Waals surface area contributed by atoms with Gasteiger partial charge in [-0.25, -0.2) is 4.79 Å². The predicted octanol–water partition coefficient (Wildman–Crippen LogP) is 1.73. The molecule has 1 aromatic carbocycles. The summed E-state index contributed by atoms with van der Waals surface area (Å²) in [7, 11) is 0. The van der Waals surface area contributed by atoms with E-state index in [4.69, 9.17) is 15.2 Å². The zero-order valence-corrected chi connectivity index (χ0v) is 16.5. The lowest BCUT2D eigenvalue weighted by Crippen LogP contribution is -2.49. The molecule has 1 saturated heterocycles. The average molecular weight is 411 g/mol. The van der Waals surface area contributed by atoms with E-state index >= 15 is 0 Å². The lowest BCUT2D eigenvalue weighted by molar-refractivity contribution is -0.124. The van der Waals surface area contributed by atoms with E-state index in [0.717, 1.165) is 19.3 Å². The van der Waals surface area contributed by atoms with Gasteiger partial charge in [-0.3, -0.25) is 4.79 Å². The first kappa shape index (κ1) is 20.5. The van der Waals surface area contributed by atoms with Crippen molar-refractivity contribution < 1.29 is 19.1 Å². The number of likely N-dealkylation sites (tertiary alicyclic amines) is 1. The number of carbonyl (C=O) groups excluding carboxylic acids is 2. The van der Waals surface area contributed by atoms with E-state index in [-0.39, 0.29) is 30.4 Å². The minimum Gasteiger partial charge on any atom is -0.486 e. The van der Waals surface area contributed by atoms with Crippen molar-refractivity contribution in [3.05, 3.63) is 18.2 Å². The van der Waals surface area contributed by atoms with Crippen molar-refractivity contribution in [3.8, 4) is 11.5 Å². The Bertz CT molecular complexity index is 728. The zero-order valence-electron chi connectivity index (χ0n) is 15.7. The predicted molar refractivity (Wildman–Crippen MR) is 107 cm³/mol. The third kappa shape index (κ3) is 4.62. The monoisotopic (exact) mass is 410 g/mol. The van der Waals surface area contributed by atoms with Crippen molar-refractivity contribution in [2.24, 2.45) is 11.7 Å². The van der Waals surface area contributed by atoms with Gasteiger partial charge in [-0.15, -0.1) is 12.4 Å². The number of amides is 3. The number of carbonyl (C=O) groups is 2. The molecule has 0 radical (unpaired) electrons. The molecule has 28 heavy (non-hydrogen) atoms. The van der Waals surface area contributed by atoms with Crippen molar-refractivity contribution >= 4 is 30.0 Å². The number of hydrogen-bond acceptors (Lipinski definition) is 5. The number of nitrogens with two attached hydrogens (primary N) is 1. The second-order valence-corrected chi connectivity index (χ2v) is 7.39. The molecule has 0 spiro atoms. The Morgan fingerprint density at radius 2 is 1.93 bits per heavy atom. The Balaban J connectivity index is 0.00000225. The summed E-state index contributed by atoms with van der Waals surface area (Å²) in [6, 6.07) is 4.56. The lowest BCUT2D eigenvalue weighted by Gasteiger charge is -2.25. The van der Waals surface area contributed by atoms with E-state index in [1.165, 1.54) is 0 Å². The second kappa shape index (κ2) is 8.87. The molecular formula is C19H27ClN4O4. The molecular weight excluding hydrogens is 384 g/mol. The van der Waals surface area contributed by atoms with E-state index in [9.17, 15) is 9.59 Å². The normalized spacial score (nSPS) is 21.5. The first-order chi connectivity index (χ1) is 13.1. The number of benzene rings is 1. The molecule has 1 unspecified atom stereocenters. The average Bonchev–Trinajstić information content (AvgIpc) is 3.42. The molecule has 3 amide bonds. The van der Waals surface area contributed by atoms with Gasteiger partial charge in [0.1, 0.15) is 19.3 Å². The fourth-order valence-corrected chi connectivity index (χ4v) is 3.63. The number of nitrogens with zero attached hydrogens (tertiary/aromatic N) is 1. The van der Waals surface area contributed by atoms with E-state index in [1.807, 2.05) is 0 Å². The quantitative estimate of drug-likeness (QED) is 0.685. The molecule has 2 atom stereocenters. The molecule has 9 heteroatoms. The minimum atomic E-state index is -0.450. The number of nitrogens with one attached hydrogen (secondary N) is 2. The first-order valence-corrected chi connectivity index (χ1v) is 9.62. The smallest absolute Gasteiger partial charge is 0.322 e. The van der Waals surface area contributed by atoms with Gasteiger partial charge < -0.3 is 30.7 Å². The maximum atomic E-state index is 12.7. The summed E-state index contributed by atoms with van der Waals surface area (Å²) >= 11 is 0. The number of rotatable bonds is 5. The molecule has 4 N–H and O–H groups in total. The van der Waals surface area contributed by atoms with Crippen LogP contribution in [0.25, 0.3) is 0 Å². The van der Waals surface area contributed by atoms with E-state index in [0.29, 0.717) is 55.8 Å². The molecule has 1 aromatic rings. The Kier molecular flexibility index (Phi) is 6.51. The fourth-order valence-electron chi connectivity index (χ4n) is 3.63. The van der Waals surface area contributed by atoms with Crippen LogP contribution in [0.15, 0.2) is 18.2 Å². The summed E-state index contributed by atoms with van der Waals surface area (Å²) < 4.78 is 11.0. The highest BCUT2D eigenvalue weighted by atomic mass is 35.5. The van der Waals surface area contributed by atoms with Gasteiger partial charge in [0.25, 0.3) is 0 Å². The molecule has 154 valence electrons. The summed E-state index contributed by atoms with van der Waals surface area (Å²) in [5.74, 6) is 1.69. The maximum absolute atomic E-state index is 12.7. The Hall–Kier alpha value is -2.19. The fraction of sp³-hybridized carbons (Fsp3) is 0.579. The largest absolute Gasteiger partial charge is 0.486 e. The summed E-state index contributed by atoms with van der Waals surface area (Å²) in [5, 5.41) is 5.77. The molecule has 2 fully saturated rings. The van der Waals surface area contributed by atoms with Crippen molar-refractivity contribution in [3.63, 3.8) is 0 Å². The topological polar surface area (TPSA) is 106 Å². The van der Waals surface area contributed by atoms with Crippen LogP contribution in [0.1, 0.15) is 25.7 Å². The van der Waals surface area contributed by atoms with Crippen LogP contribution < -0.4 is 25.8 Å². The second-order valence-electron chi connectivity index (χ2n) is 7.39. The third-order valence-electron chi connectivity index (χ3n) is 5.35. The Morgan fingerprint density at radius 3 is 2.68 bits per heavy atom. The Labute approximate surface area is 170 Å². The number of anilines is 1. The van der Waals surface area contributed by atoms with E-state index in [1.54, 1.807) is 23.1 Å². The molecule has 1 saturated carbocycles. The van der Waals surface area contributed by atoms with Gasteiger partial charge in [0.2, 0.25) is 5.91 Å². The number of ether oxygens (including phenoxy) is 2. The van der Waals surface area contributed by atoms with Crippen LogP contribution in [0, 0.1) is 5.92 Å². The van der Waals surface area contributed by atoms with Crippen LogP contribution in [-0.2, 0) is 4.79 Å². The van der Waals surface area contributed by atoms with Crippen LogP contribution in [-0.4, -0.2) is 55.2 Å². The highest BCUT2D eigenvalue weighted by Crippen LogP contribution is 2.33. The standard InChI is InChI=1S/C19H26N4O4.ClH/c20-14(12-3-4-12)11-21-18(24)15-2-1-7-23(15)19(25)22-13-5-6-16-17(10-13)27-9-8-26-16;/h5-6,10,12,14-15H,1-4,7-9,11,20H2,(H,21,24)(H,22,25);1H/t14?,15-;/m0./s1. The van der Waals surface area contributed by atoms with Gasteiger partial charge in [-0.1, -0.05) is 0 Å². The van der Waals surface area contributed by atoms with Crippen LogP contribution in [0.4, 0.5) is 10.5 Å². The minimum absolute atomic E-state index is 0. The molecule has 1 aliphatic carbocycles. The van der Waals surface area contributed by atoms with Crippen LogP contribution >= 0.6 is 12.4 Å². The van der Waals surface area contributed by atoms with Gasteiger partial charge >= 0.3 is 6.03 Å². The van der Waals surface area contributed by atoms with Gasteiger partial charge in [0.15, 0.2) is 11.5 Å². The summed E-state index contributed by atoms with van der Waals surface area (Å²) in [6.45, 7) is 2.04.